The highest BCUT2D eigenvalue weighted by atomic mass is 16.5. The number of hydrogen-bond donors (Lipinski definition) is 2. The van der Waals surface area contributed by atoms with Gasteiger partial charge in [0.25, 0.3) is 5.91 Å². The maximum absolute atomic E-state index is 12.6. The van der Waals surface area contributed by atoms with E-state index >= 15 is 0 Å². The van der Waals surface area contributed by atoms with E-state index in [1.54, 1.807) is 26.5 Å². The van der Waals surface area contributed by atoms with E-state index in [1.807, 2.05) is 30.3 Å². The molecule has 0 atom stereocenters. The second kappa shape index (κ2) is 8.89. The molecule has 0 saturated carbocycles. The van der Waals surface area contributed by atoms with Gasteiger partial charge in [0.1, 0.15) is 0 Å². The first-order chi connectivity index (χ1) is 13.2. The number of nitrogens with one attached hydrogen (secondary N) is 2. The number of rotatable bonds is 8. The van der Waals surface area contributed by atoms with Crippen molar-refractivity contribution in [3.63, 3.8) is 0 Å². The van der Waals surface area contributed by atoms with Crippen molar-refractivity contribution >= 4 is 5.91 Å². The van der Waals surface area contributed by atoms with Crippen molar-refractivity contribution in [3.8, 4) is 22.8 Å². The van der Waals surface area contributed by atoms with Gasteiger partial charge in [-0.3, -0.25) is 9.89 Å². The van der Waals surface area contributed by atoms with E-state index in [2.05, 4.69) is 27.6 Å². The number of benzene rings is 2. The number of carbonyl (C=O) groups is 1. The number of amides is 1. The molecule has 0 radical (unpaired) electrons. The lowest BCUT2D eigenvalue weighted by Gasteiger charge is -2.10. The molecule has 3 aromatic rings. The Labute approximate surface area is 158 Å². The lowest BCUT2D eigenvalue weighted by Crippen LogP contribution is -2.25. The molecular formula is C21H23N3O3. The van der Waals surface area contributed by atoms with Crippen LogP contribution in [0.25, 0.3) is 11.3 Å². The Hall–Kier alpha value is -3.28. The zero-order chi connectivity index (χ0) is 19.1. The number of H-pyrrole nitrogens is 1. The minimum atomic E-state index is -0.151. The van der Waals surface area contributed by atoms with Crippen LogP contribution in [0.2, 0.25) is 0 Å². The second-order valence-electron chi connectivity index (χ2n) is 6.07. The molecule has 1 aromatic heterocycles. The van der Waals surface area contributed by atoms with Gasteiger partial charge in [-0.25, -0.2) is 0 Å². The molecule has 1 amide bonds. The molecule has 0 bridgehead atoms. The molecule has 3 rings (SSSR count). The van der Waals surface area contributed by atoms with Crippen LogP contribution in [0.1, 0.15) is 22.3 Å². The molecule has 0 aliphatic heterocycles. The summed E-state index contributed by atoms with van der Waals surface area (Å²) in [5.74, 6) is 1.08. The molecule has 6 heteroatoms. The van der Waals surface area contributed by atoms with E-state index in [0.717, 1.165) is 18.4 Å². The van der Waals surface area contributed by atoms with Crippen molar-refractivity contribution in [2.24, 2.45) is 0 Å². The summed E-state index contributed by atoms with van der Waals surface area (Å²) in [4.78, 5) is 12.6. The van der Waals surface area contributed by atoms with Crippen LogP contribution >= 0.6 is 0 Å². The number of methoxy groups -OCH3 is 2. The molecule has 2 N–H and O–H groups in total. The minimum absolute atomic E-state index is 0.151. The van der Waals surface area contributed by atoms with Crippen LogP contribution in [-0.2, 0) is 6.42 Å². The Morgan fingerprint density at radius 2 is 1.85 bits per heavy atom. The Morgan fingerprint density at radius 3 is 2.59 bits per heavy atom. The fraction of sp³-hybridized carbons (Fsp3) is 0.238. The zero-order valence-corrected chi connectivity index (χ0v) is 15.5. The molecule has 140 valence electrons. The smallest absolute Gasteiger partial charge is 0.255 e. The lowest BCUT2D eigenvalue weighted by molar-refractivity contribution is 0.0954. The highest BCUT2D eigenvalue weighted by molar-refractivity contribution is 5.99. The highest BCUT2D eigenvalue weighted by Gasteiger charge is 2.16. The first kappa shape index (κ1) is 18.5. The van der Waals surface area contributed by atoms with Crippen molar-refractivity contribution in [3.05, 3.63) is 65.9 Å². The lowest BCUT2D eigenvalue weighted by atomic mass is 10.1. The largest absolute Gasteiger partial charge is 0.493 e. The van der Waals surface area contributed by atoms with Crippen LogP contribution in [0.15, 0.2) is 54.7 Å². The summed E-state index contributed by atoms with van der Waals surface area (Å²) >= 11 is 0. The molecule has 0 fully saturated rings. The first-order valence-corrected chi connectivity index (χ1v) is 8.81. The summed E-state index contributed by atoms with van der Waals surface area (Å²) in [5, 5.41) is 9.90. The van der Waals surface area contributed by atoms with Gasteiger partial charge < -0.3 is 14.8 Å². The third kappa shape index (κ3) is 4.47. The Balaban J connectivity index is 1.65. The van der Waals surface area contributed by atoms with Crippen LogP contribution in [0.3, 0.4) is 0 Å². The molecule has 0 spiro atoms. The summed E-state index contributed by atoms with van der Waals surface area (Å²) in [6.45, 7) is 0.601. The molecule has 0 unspecified atom stereocenters. The van der Waals surface area contributed by atoms with E-state index in [9.17, 15) is 4.79 Å². The predicted octanol–water partition coefficient (Wildman–Crippen LogP) is 3.46. The average Bonchev–Trinajstić information content (AvgIpc) is 3.21. The fourth-order valence-electron chi connectivity index (χ4n) is 2.90. The summed E-state index contributed by atoms with van der Waals surface area (Å²) in [5.41, 5.74) is 3.22. The van der Waals surface area contributed by atoms with Crippen LogP contribution < -0.4 is 14.8 Å². The predicted molar refractivity (Wildman–Crippen MR) is 104 cm³/mol. The molecule has 1 heterocycles. The third-order valence-electron chi connectivity index (χ3n) is 4.33. The molecule has 0 aliphatic rings. The van der Waals surface area contributed by atoms with Gasteiger partial charge in [0.15, 0.2) is 11.5 Å². The van der Waals surface area contributed by atoms with Gasteiger partial charge in [-0.05, 0) is 36.6 Å². The van der Waals surface area contributed by atoms with Gasteiger partial charge in [0.2, 0.25) is 0 Å². The van der Waals surface area contributed by atoms with Gasteiger partial charge in [-0.15, -0.1) is 0 Å². The number of aryl methyl sites for hydroxylation is 1. The number of aromatic amines is 1. The zero-order valence-electron chi connectivity index (χ0n) is 15.5. The number of nitrogens with zero attached hydrogens (tertiary/aromatic N) is 1. The van der Waals surface area contributed by atoms with Crippen molar-refractivity contribution in [2.45, 2.75) is 12.8 Å². The third-order valence-corrected chi connectivity index (χ3v) is 4.33. The van der Waals surface area contributed by atoms with E-state index in [1.165, 1.54) is 5.56 Å². The number of ether oxygens (including phenoxy) is 2. The summed E-state index contributed by atoms with van der Waals surface area (Å²) in [7, 11) is 3.16. The molecule has 2 aromatic carbocycles. The standard InChI is InChI=1S/C21H23N3O3/c1-26-18-11-10-16(13-19(18)27-2)20-17(14-23-24-20)21(25)22-12-6-9-15-7-4-3-5-8-15/h3-5,7-8,10-11,13-14H,6,9,12H2,1-2H3,(H,22,25)(H,23,24). The van der Waals surface area contributed by atoms with Gasteiger partial charge in [-0.2, -0.15) is 5.10 Å². The maximum atomic E-state index is 12.6. The average molecular weight is 365 g/mol. The van der Waals surface area contributed by atoms with Crippen molar-refractivity contribution in [2.75, 3.05) is 20.8 Å². The summed E-state index contributed by atoms with van der Waals surface area (Å²) in [6, 6.07) is 15.7. The monoisotopic (exact) mass is 365 g/mol. The number of aromatic nitrogens is 2. The van der Waals surface area contributed by atoms with Gasteiger partial charge in [-0.1, -0.05) is 30.3 Å². The topological polar surface area (TPSA) is 76.2 Å². The van der Waals surface area contributed by atoms with Gasteiger partial charge in [0.05, 0.1) is 31.7 Å². The molecule has 0 aliphatic carbocycles. The second-order valence-corrected chi connectivity index (χ2v) is 6.07. The van der Waals surface area contributed by atoms with Crippen molar-refractivity contribution in [1.29, 1.82) is 0 Å². The Bertz CT molecular complexity index is 891. The van der Waals surface area contributed by atoms with Crippen molar-refractivity contribution < 1.29 is 14.3 Å². The van der Waals surface area contributed by atoms with Gasteiger partial charge in [0, 0.05) is 12.1 Å². The first-order valence-electron chi connectivity index (χ1n) is 8.81. The maximum Gasteiger partial charge on any atom is 0.255 e. The highest BCUT2D eigenvalue weighted by Crippen LogP contribution is 2.32. The summed E-state index contributed by atoms with van der Waals surface area (Å²) in [6.07, 6.45) is 3.34. The van der Waals surface area contributed by atoms with Crippen LogP contribution in [0.5, 0.6) is 11.5 Å². The molecule has 27 heavy (non-hydrogen) atoms. The molecular weight excluding hydrogens is 342 g/mol. The molecule has 6 nitrogen and oxygen atoms in total. The van der Waals surface area contributed by atoms with Crippen molar-refractivity contribution in [1.82, 2.24) is 15.5 Å². The fourth-order valence-corrected chi connectivity index (χ4v) is 2.90. The van der Waals surface area contributed by atoms with Gasteiger partial charge >= 0.3 is 0 Å². The Morgan fingerprint density at radius 1 is 1.07 bits per heavy atom. The van der Waals surface area contributed by atoms with E-state index < -0.39 is 0 Å². The SMILES string of the molecule is COc1ccc(-c2[nH]ncc2C(=O)NCCCc2ccccc2)cc1OC. The van der Waals surface area contributed by atoms with E-state index in [-0.39, 0.29) is 5.91 Å². The normalized spacial score (nSPS) is 10.4. The van der Waals surface area contributed by atoms with E-state index in [0.29, 0.717) is 29.3 Å². The number of hydrogen-bond acceptors (Lipinski definition) is 4. The van der Waals surface area contributed by atoms with Crippen LogP contribution in [-0.4, -0.2) is 36.9 Å². The van der Waals surface area contributed by atoms with Crippen LogP contribution in [0, 0.1) is 0 Å². The minimum Gasteiger partial charge on any atom is -0.493 e. The molecule has 0 saturated heterocycles. The Kier molecular flexibility index (Phi) is 6.10. The van der Waals surface area contributed by atoms with E-state index in [4.69, 9.17) is 9.47 Å². The quantitative estimate of drug-likeness (QED) is 0.600. The summed E-state index contributed by atoms with van der Waals surface area (Å²) < 4.78 is 10.6. The number of carbonyl (C=O) groups excluding carboxylic acids is 1. The van der Waals surface area contributed by atoms with Crippen LogP contribution in [0.4, 0.5) is 0 Å².